The van der Waals surface area contributed by atoms with E-state index in [0.29, 0.717) is 13.1 Å². The second kappa shape index (κ2) is 8.46. The molecule has 0 saturated heterocycles. The largest absolute Gasteiger partial charge is 0.331 e. The van der Waals surface area contributed by atoms with E-state index in [4.69, 9.17) is 11.6 Å². The summed E-state index contributed by atoms with van der Waals surface area (Å²) in [5.41, 5.74) is 0.138. The molecule has 7 heteroatoms. The molecule has 0 unspecified atom stereocenters. The zero-order valence-electron chi connectivity index (χ0n) is 14.2. The summed E-state index contributed by atoms with van der Waals surface area (Å²) in [7, 11) is -2.20. The molecular weight excluding hydrogens is 348 g/mol. The van der Waals surface area contributed by atoms with E-state index >= 15 is 0 Å². The first-order valence-corrected chi connectivity index (χ1v) is 9.27. The van der Waals surface area contributed by atoms with Gasteiger partial charge in [-0.15, -0.1) is 13.2 Å². The van der Waals surface area contributed by atoms with Crippen LogP contribution in [0.4, 0.5) is 0 Å². The van der Waals surface area contributed by atoms with E-state index in [1.165, 1.54) is 34.5 Å². The third-order valence-electron chi connectivity index (χ3n) is 3.56. The highest BCUT2D eigenvalue weighted by Gasteiger charge is 2.26. The van der Waals surface area contributed by atoms with Gasteiger partial charge in [-0.05, 0) is 32.0 Å². The van der Waals surface area contributed by atoms with Crippen LogP contribution in [0.2, 0.25) is 5.02 Å². The number of sulfonamides is 1. The van der Waals surface area contributed by atoms with Crippen molar-refractivity contribution in [1.29, 1.82) is 0 Å². The van der Waals surface area contributed by atoms with Crippen LogP contribution in [-0.2, 0) is 10.0 Å². The first kappa shape index (κ1) is 20.4. The molecule has 0 spiro atoms. The van der Waals surface area contributed by atoms with Crippen molar-refractivity contribution in [1.82, 2.24) is 9.21 Å². The average Bonchev–Trinajstić information content (AvgIpc) is 2.53. The highest BCUT2D eigenvalue weighted by Crippen LogP contribution is 2.24. The number of carbonyl (C=O) groups is 1. The summed E-state index contributed by atoms with van der Waals surface area (Å²) >= 11 is 6.12. The SMILES string of the molecule is C=CCN(CC=C)C(=O)c1cc(S(=O)(=O)N(C)C(C)C)ccc1Cl. The highest BCUT2D eigenvalue weighted by atomic mass is 35.5. The summed E-state index contributed by atoms with van der Waals surface area (Å²) in [5, 5.41) is 0.198. The Morgan fingerprint density at radius 3 is 2.25 bits per heavy atom. The number of rotatable bonds is 8. The Balaban J connectivity index is 3.34. The molecule has 1 aromatic carbocycles. The Labute approximate surface area is 149 Å². The van der Waals surface area contributed by atoms with Gasteiger partial charge in [0.2, 0.25) is 10.0 Å². The van der Waals surface area contributed by atoms with Crippen LogP contribution in [0.1, 0.15) is 24.2 Å². The monoisotopic (exact) mass is 370 g/mol. The van der Waals surface area contributed by atoms with Crippen molar-refractivity contribution in [3.8, 4) is 0 Å². The van der Waals surface area contributed by atoms with Crippen LogP contribution in [0.3, 0.4) is 0 Å². The molecular formula is C17H23ClN2O3S. The highest BCUT2D eigenvalue weighted by molar-refractivity contribution is 7.89. The van der Waals surface area contributed by atoms with Crippen LogP contribution in [0, 0.1) is 0 Å². The lowest BCUT2D eigenvalue weighted by molar-refractivity contribution is 0.0791. The van der Waals surface area contributed by atoms with Crippen LogP contribution >= 0.6 is 11.6 Å². The summed E-state index contributed by atoms with van der Waals surface area (Å²) in [4.78, 5) is 14.2. The van der Waals surface area contributed by atoms with Gasteiger partial charge in [0.25, 0.3) is 5.91 Å². The second-order valence-electron chi connectivity index (χ2n) is 5.54. The quantitative estimate of drug-likeness (QED) is 0.660. The minimum Gasteiger partial charge on any atom is -0.331 e. The zero-order chi connectivity index (χ0) is 18.5. The van der Waals surface area contributed by atoms with Gasteiger partial charge in [-0.3, -0.25) is 4.79 Å². The number of benzene rings is 1. The molecule has 24 heavy (non-hydrogen) atoms. The molecule has 0 heterocycles. The summed E-state index contributed by atoms with van der Waals surface area (Å²) in [6.07, 6.45) is 3.17. The van der Waals surface area contributed by atoms with E-state index in [1.54, 1.807) is 26.0 Å². The van der Waals surface area contributed by atoms with Crippen LogP contribution in [0.25, 0.3) is 0 Å². The molecule has 1 amide bonds. The average molecular weight is 371 g/mol. The lowest BCUT2D eigenvalue weighted by atomic mass is 10.2. The fraction of sp³-hybridized carbons (Fsp3) is 0.353. The standard InChI is InChI=1S/C17H23ClN2O3S/c1-6-10-20(11-7-2)17(21)15-12-14(8-9-16(15)18)24(22,23)19(5)13(3)4/h6-9,12-13H,1-2,10-11H2,3-5H3. The fourth-order valence-corrected chi connectivity index (χ4v) is 3.59. The molecule has 0 aliphatic carbocycles. The van der Waals surface area contributed by atoms with Crippen molar-refractivity contribution in [2.75, 3.05) is 20.1 Å². The number of hydrogen-bond donors (Lipinski definition) is 0. The summed E-state index contributed by atoms with van der Waals surface area (Å²) in [6, 6.07) is 3.94. The van der Waals surface area contributed by atoms with Crippen molar-refractivity contribution in [3.05, 3.63) is 54.1 Å². The molecule has 0 saturated carbocycles. The predicted octanol–water partition coefficient (Wildman–Crippen LogP) is 3.18. The predicted molar refractivity (Wildman–Crippen MR) is 97.8 cm³/mol. The lowest BCUT2D eigenvalue weighted by Gasteiger charge is -2.23. The third-order valence-corrected chi connectivity index (χ3v) is 5.92. The Bertz CT molecular complexity index is 719. The van der Waals surface area contributed by atoms with E-state index in [0.717, 1.165) is 0 Å². The van der Waals surface area contributed by atoms with E-state index < -0.39 is 10.0 Å². The number of hydrogen-bond acceptors (Lipinski definition) is 3. The number of carbonyl (C=O) groups excluding carboxylic acids is 1. The first-order valence-electron chi connectivity index (χ1n) is 7.45. The molecule has 1 rings (SSSR count). The van der Waals surface area contributed by atoms with Gasteiger partial charge in [-0.1, -0.05) is 23.8 Å². The Morgan fingerprint density at radius 1 is 1.25 bits per heavy atom. The van der Waals surface area contributed by atoms with Gasteiger partial charge >= 0.3 is 0 Å². The van der Waals surface area contributed by atoms with Gasteiger partial charge in [0, 0.05) is 26.2 Å². The molecule has 0 aliphatic heterocycles. The second-order valence-corrected chi connectivity index (χ2v) is 7.95. The van der Waals surface area contributed by atoms with E-state index in [-0.39, 0.29) is 27.4 Å². The minimum atomic E-state index is -3.70. The van der Waals surface area contributed by atoms with Crippen molar-refractivity contribution in [2.45, 2.75) is 24.8 Å². The normalized spacial score (nSPS) is 11.6. The number of halogens is 1. The van der Waals surface area contributed by atoms with Gasteiger partial charge in [0.1, 0.15) is 0 Å². The maximum atomic E-state index is 12.7. The van der Waals surface area contributed by atoms with Crippen molar-refractivity contribution >= 4 is 27.5 Å². The van der Waals surface area contributed by atoms with Crippen LogP contribution in [-0.4, -0.2) is 49.7 Å². The molecule has 0 atom stereocenters. The van der Waals surface area contributed by atoms with Crippen LogP contribution < -0.4 is 0 Å². The van der Waals surface area contributed by atoms with Crippen LogP contribution in [0.15, 0.2) is 48.4 Å². The topological polar surface area (TPSA) is 57.7 Å². The molecule has 0 radical (unpaired) electrons. The third kappa shape index (κ3) is 4.47. The Morgan fingerprint density at radius 2 is 1.79 bits per heavy atom. The molecule has 0 aromatic heterocycles. The maximum Gasteiger partial charge on any atom is 0.255 e. The van der Waals surface area contributed by atoms with E-state index in [2.05, 4.69) is 13.2 Å². The Hall–Kier alpha value is -1.63. The van der Waals surface area contributed by atoms with Crippen molar-refractivity contribution < 1.29 is 13.2 Å². The van der Waals surface area contributed by atoms with Gasteiger partial charge in [-0.25, -0.2) is 8.42 Å². The molecule has 0 N–H and O–H groups in total. The van der Waals surface area contributed by atoms with Gasteiger partial charge in [-0.2, -0.15) is 4.31 Å². The summed E-state index contributed by atoms with van der Waals surface area (Å²) < 4.78 is 26.5. The lowest BCUT2D eigenvalue weighted by Crippen LogP contribution is -2.34. The summed E-state index contributed by atoms with van der Waals surface area (Å²) in [5.74, 6) is -0.371. The Kier molecular flexibility index (Phi) is 7.20. The first-order chi connectivity index (χ1) is 11.2. The van der Waals surface area contributed by atoms with Crippen molar-refractivity contribution in [3.63, 3.8) is 0 Å². The fourth-order valence-electron chi connectivity index (χ4n) is 1.99. The molecule has 0 fully saturated rings. The minimum absolute atomic E-state index is 0.0311. The van der Waals surface area contributed by atoms with Crippen LogP contribution in [0.5, 0.6) is 0 Å². The molecule has 1 aromatic rings. The van der Waals surface area contributed by atoms with Gasteiger partial charge < -0.3 is 4.90 Å². The molecule has 0 aliphatic rings. The summed E-state index contributed by atoms with van der Waals surface area (Å²) in [6.45, 7) is 11.4. The number of nitrogens with zero attached hydrogens (tertiary/aromatic N) is 2. The number of amides is 1. The van der Waals surface area contributed by atoms with Crippen molar-refractivity contribution in [2.24, 2.45) is 0 Å². The molecule has 0 bridgehead atoms. The maximum absolute atomic E-state index is 12.7. The van der Waals surface area contributed by atoms with E-state index in [1.807, 2.05) is 0 Å². The zero-order valence-corrected chi connectivity index (χ0v) is 15.8. The van der Waals surface area contributed by atoms with E-state index in [9.17, 15) is 13.2 Å². The van der Waals surface area contributed by atoms with Gasteiger partial charge in [0.15, 0.2) is 0 Å². The van der Waals surface area contributed by atoms with Gasteiger partial charge in [0.05, 0.1) is 15.5 Å². The molecule has 5 nitrogen and oxygen atoms in total. The smallest absolute Gasteiger partial charge is 0.255 e. The molecule has 132 valence electrons.